The summed E-state index contributed by atoms with van der Waals surface area (Å²) in [7, 11) is -4.91. The Morgan fingerprint density at radius 1 is 1.53 bits per heavy atom. The van der Waals surface area contributed by atoms with Crippen molar-refractivity contribution in [3.63, 3.8) is 0 Å². The third-order valence-electron chi connectivity index (χ3n) is 1.85. The van der Waals surface area contributed by atoms with Crippen molar-refractivity contribution in [1.82, 2.24) is 0 Å². The van der Waals surface area contributed by atoms with Crippen molar-refractivity contribution in [2.75, 3.05) is 13.0 Å². The number of aliphatic hydroxyl groups is 2. The van der Waals surface area contributed by atoms with Crippen LogP contribution in [0.1, 0.15) is 0 Å². The fraction of sp³-hybridized carbons (Fsp3) is 1.00. The van der Waals surface area contributed by atoms with E-state index in [2.05, 4.69) is 9.47 Å². The van der Waals surface area contributed by atoms with Gasteiger partial charge in [-0.15, -0.1) is 0 Å². The molecule has 7 nitrogen and oxygen atoms in total. The summed E-state index contributed by atoms with van der Waals surface area (Å²) in [5.74, 6) is 0. The van der Waals surface area contributed by atoms with E-state index in [1.807, 2.05) is 0 Å². The number of hydrogen-bond acceptors (Lipinski definition) is 7. The first kappa shape index (κ1) is 13.0. The van der Waals surface area contributed by atoms with E-state index >= 15 is 0 Å². The predicted molar refractivity (Wildman–Crippen MR) is 40.2 cm³/mol. The topological polar surface area (TPSA) is 122 Å². The first-order valence-corrected chi connectivity index (χ1v) is 5.79. The second kappa shape index (κ2) is 4.84. The van der Waals surface area contributed by atoms with Gasteiger partial charge in [-0.1, -0.05) is 0 Å². The average molecular weight is 244 g/mol. The van der Waals surface area contributed by atoms with Crippen molar-refractivity contribution in [2.45, 2.75) is 24.7 Å². The van der Waals surface area contributed by atoms with Crippen LogP contribution in [-0.4, -0.2) is 47.8 Å². The van der Waals surface area contributed by atoms with Crippen LogP contribution in [0.4, 0.5) is 4.39 Å². The zero-order valence-corrected chi connectivity index (χ0v) is 8.38. The molecule has 1 rings (SSSR count). The van der Waals surface area contributed by atoms with E-state index < -0.39 is 45.2 Å². The van der Waals surface area contributed by atoms with Crippen molar-refractivity contribution < 1.29 is 38.4 Å². The van der Waals surface area contributed by atoms with Gasteiger partial charge in [-0.3, -0.25) is 0 Å². The Bertz CT molecular complexity index is 256. The number of halogens is 1. The highest BCUT2D eigenvalue weighted by atomic mass is 31.2. The summed E-state index contributed by atoms with van der Waals surface area (Å²) < 4.78 is 32.2. The van der Waals surface area contributed by atoms with E-state index in [4.69, 9.17) is 10.2 Å². The van der Waals surface area contributed by atoms with Gasteiger partial charge in [0.15, 0.2) is 12.5 Å². The normalized spacial score (nSPS) is 37.1. The summed E-state index contributed by atoms with van der Waals surface area (Å²) in [6.07, 6.45) is -7.63. The lowest BCUT2D eigenvalue weighted by Gasteiger charge is -2.30. The molecule has 0 radical (unpaired) electrons. The van der Waals surface area contributed by atoms with Crippen molar-refractivity contribution >= 4 is 7.60 Å². The average Bonchev–Trinajstić information content (AvgIpc) is 2.40. The van der Waals surface area contributed by atoms with Crippen molar-refractivity contribution in [2.24, 2.45) is 0 Å². The molecule has 1 aliphatic heterocycles. The Labute approximate surface area is 84.6 Å². The molecule has 0 aromatic rings. The second-order valence-corrected chi connectivity index (χ2v) is 4.55. The molecule has 0 aromatic heterocycles. The van der Waals surface area contributed by atoms with Gasteiger partial charge < -0.3 is 34.0 Å². The van der Waals surface area contributed by atoms with Crippen LogP contribution in [0.3, 0.4) is 0 Å². The van der Waals surface area contributed by atoms with E-state index in [1.165, 1.54) is 0 Å². The minimum absolute atomic E-state index is 0.631. The van der Waals surface area contributed by atoms with E-state index in [0.29, 0.717) is 0 Å². The van der Waals surface area contributed by atoms with E-state index in [9.17, 15) is 18.7 Å². The molecule has 1 heterocycles. The molecule has 2 N–H and O–H groups in total. The summed E-state index contributed by atoms with van der Waals surface area (Å²) in [6.45, 7) is -0.631. The molecule has 1 aliphatic rings. The van der Waals surface area contributed by atoms with E-state index in [-0.39, 0.29) is 0 Å². The van der Waals surface area contributed by atoms with Gasteiger partial charge in [0.05, 0.1) is 13.0 Å². The fourth-order valence-electron chi connectivity index (χ4n) is 1.14. The second-order valence-electron chi connectivity index (χ2n) is 3.07. The minimum atomic E-state index is -4.91. The Morgan fingerprint density at radius 2 is 2.13 bits per heavy atom. The maximum atomic E-state index is 13.1. The predicted octanol–water partition coefficient (Wildman–Crippen LogP) is -2.71. The van der Waals surface area contributed by atoms with Gasteiger partial charge in [-0.2, -0.15) is 0 Å². The molecule has 0 unspecified atom stereocenters. The highest BCUT2D eigenvalue weighted by Gasteiger charge is 2.44. The molecule has 1 fully saturated rings. The van der Waals surface area contributed by atoms with E-state index in [1.54, 1.807) is 0 Å². The highest BCUT2D eigenvalue weighted by molar-refractivity contribution is 7.48. The van der Waals surface area contributed by atoms with Gasteiger partial charge in [-0.05, 0) is 7.60 Å². The maximum absolute atomic E-state index is 13.1. The summed E-state index contributed by atoms with van der Waals surface area (Å²) in [4.78, 5) is 20.4. The van der Waals surface area contributed by atoms with Gasteiger partial charge >= 0.3 is 0 Å². The van der Waals surface area contributed by atoms with Crippen LogP contribution in [-0.2, 0) is 14.0 Å². The zero-order chi connectivity index (χ0) is 11.6. The van der Waals surface area contributed by atoms with Crippen LogP contribution < -0.4 is 9.79 Å². The molecular weight excluding hydrogens is 234 g/mol. The molecule has 0 amide bonds. The fourth-order valence-corrected chi connectivity index (χ4v) is 1.47. The molecule has 90 valence electrons. The third-order valence-corrected chi connectivity index (χ3v) is 2.32. The first-order valence-electron chi connectivity index (χ1n) is 4.06. The lowest BCUT2D eigenvalue weighted by molar-refractivity contribution is -0.321. The molecular formula is C6H10FO7P-2. The summed E-state index contributed by atoms with van der Waals surface area (Å²) >= 11 is 0. The molecule has 15 heavy (non-hydrogen) atoms. The van der Waals surface area contributed by atoms with Gasteiger partial charge in [0.2, 0.25) is 0 Å². The quantitative estimate of drug-likeness (QED) is 0.515. The Balaban J connectivity index is 2.47. The summed E-state index contributed by atoms with van der Waals surface area (Å²) in [5.41, 5.74) is 0. The van der Waals surface area contributed by atoms with Gasteiger partial charge in [0.1, 0.15) is 12.2 Å². The SMILES string of the molecule is O=P([O-])([O-])CO[C@H]1O[C@H](CO)[C@@H](O)[C@@H]1F. The molecule has 4 atom stereocenters. The lowest BCUT2D eigenvalue weighted by Crippen LogP contribution is -2.32. The molecule has 0 bridgehead atoms. The Morgan fingerprint density at radius 3 is 2.53 bits per heavy atom. The monoisotopic (exact) mass is 244 g/mol. The molecule has 0 saturated carbocycles. The standard InChI is InChI=1S/C6H12FO7P/c7-4-5(9)3(1-8)14-6(4)13-2-15(10,11)12/h3-6,8-9H,1-2H2,(H2,10,11,12)/p-2/t3-,4+,5-,6+/m1/s1. The molecule has 0 spiro atoms. The molecule has 1 saturated heterocycles. The largest absolute Gasteiger partial charge is 0.809 e. The molecule has 0 aromatic carbocycles. The number of alkyl halides is 1. The Hall–Kier alpha value is -0.0800. The van der Waals surface area contributed by atoms with Crippen LogP contribution in [0.25, 0.3) is 0 Å². The number of hydrogen-bond donors (Lipinski definition) is 2. The molecule has 0 aliphatic carbocycles. The summed E-state index contributed by atoms with van der Waals surface area (Å²) in [6, 6.07) is 0. The first-order chi connectivity index (χ1) is 6.85. The lowest BCUT2D eigenvalue weighted by atomic mass is 10.2. The van der Waals surface area contributed by atoms with Crippen LogP contribution in [0.2, 0.25) is 0 Å². The minimum Gasteiger partial charge on any atom is -0.809 e. The zero-order valence-electron chi connectivity index (χ0n) is 7.48. The number of rotatable bonds is 4. The van der Waals surface area contributed by atoms with Crippen LogP contribution in [0, 0.1) is 0 Å². The number of ether oxygens (including phenoxy) is 2. The van der Waals surface area contributed by atoms with Gasteiger partial charge in [0, 0.05) is 0 Å². The van der Waals surface area contributed by atoms with Crippen LogP contribution in [0.5, 0.6) is 0 Å². The summed E-state index contributed by atoms with van der Waals surface area (Å²) in [5, 5.41) is 17.7. The Kier molecular flexibility index (Phi) is 4.19. The van der Waals surface area contributed by atoms with Crippen LogP contribution in [0.15, 0.2) is 0 Å². The highest BCUT2D eigenvalue weighted by Crippen LogP contribution is 2.29. The van der Waals surface area contributed by atoms with Gasteiger partial charge in [0.25, 0.3) is 0 Å². The van der Waals surface area contributed by atoms with Crippen LogP contribution >= 0.6 is 7.60 Å². The third kappa shape index (κ3) is 3.46. The number of aliphatic hydroxyl groups excluding tert-OH is 2. The van der Waals surface area contributed by atoms with Crippen molar-refractivity contribution in [1.29, 1.82) is 0 Å². The van der Waals surface area contributed by atoms with E-state index in [0.717, 1.165) is 0 Å². The van der Waals surface area contributed by atoms with Crippen molar-refractivity contribution in [3.8, 4) is 0 Å². The van der Waals surface area contributed by atoms with Gasteiger partial charge in [-0.25, -0.2) is 4.39 Å². The maximum Gasteiger partial charge on any atom is 0.192 e. The molecule has 9 heteroatoms. The van der Waals surface area contributed by atoms with Crippen molar-refractivity contribution in [3.05, 3.63) is 0 Å². The smallest absolute Gasteiger partial charge is 0.192 e.